The number of anilines is 3. The largest absolute Gasteiger partial charge is 0.308 e. The van der Waals surface area contributed by atoms with E-state index >= 15 is 0 Å². The van der Waals surface area contributed by atoms with Gasteiger partial charge in [0.15, 0.2) is 11.6 Å². The molecule has 7 heteroatoms. The van der Waals surface area contributed by atoms with Crippen LogP contribution in [0.5, 0.6) is 0 Å². The third-order valence-corrected chi connectivity index (χ3v) is 12.1. The van der Waals surface area contributed by atoms with E-state index in [1.54, 1.807) is 11.3 Å². The van der Waals surface area contributed by atoms with Crippen molar-refractivity contribution in [3.8, 4) is 28.7 Å². The molecule has 0 saturated heterocycles. The van der Waals surface area contributed by atoms with E-state index in [4.69, 9.17) is 15.0 Å². The van der Waals surface area contributed by atoms with Gasteiger partial charge in [-0.15, -0.1) is 11.3 Å². The molecule has 3 aromatic heterocycles. The van der Waals surface area contributed by atoms with E-state index in [0.29, 0.717) is 17.6 Å². The normalized spacial score (nSPS) is 12.5. The topological polar surface area (TPSA) is 46.8 Å². The number of hydrogen-bond acceptors (Lipinski definition) is 6. The van der Waals surface area contributed by atoms with E-state index < -0.39 is 0 Å². The van der Waals surface area contributed by atoms with Gasteiger partial charge in [-0.05, 0) is 48.5 Å². The zero-order valence-corrected chi connectivity index (χ0v) is 29.3. The lowest BCUT2D eigenvalue weighted by Crippen LogP contribution is -2.15. The van der Waals surface area contributed by atoms with Crippen molar-refractivity contribution in [2.75, 3.05) is 4.90 Å². The van der Waals surface area contributed by atoms with Crippen molar-refractivity contribution in [2.24, 2.45) is 0 Å². The number of para-hydroxylation sites is 3. The standard InChI is InChI=1S/C45H27N5S2/c1-3-14-28(15-4-1)43-46-44(33-20-13-25-39-40(33)32-19-8-11-23-37(32)51-39)48-45(47-43)50-34-21-9-7-18-30(34)31-26-27-36-42(41(31)50)52-38-24-12-10-22-35(38)49(36)29-16-5-2-6-17-29/h1-27H. The maximum Gasteiger partial charge on any atom is 0.238 e. The summed E-state index contributed by atoms with van der Waals surface area (Å²) in [5, 5.41) is 4.69. The third-order valence-electron chi connectivity index (χ3n) is 9.84. The minimum absolute atomic E-state index is 0.589. The molecule has 0 bridgehead atoms. The third kappa shape index (κ3) is 4.46. The lowest BCUT2D eigenvalue weighted by Gasteiger charge is -2.33. The van der Waals surface area contributed by atoms with E-state index in [0.717, 1.165) is 54.9 Å². The van der Waals surface area contributed by atoms with Gasteiger partial charge in [0.2, 0.25) is 5.95 Å². The molecule has 0 unspecified atom stereocenters. The minimum atomic E-state index is 0.589. The van der Waals surface area contributed by atoms with Gasteiger partial charge in [-0.1, -0.05) is 127 Å². The summed E-state index contributed by atoms with van der Waals surface area (Å²) < 4.78 is 4.72. The summed E-state index contributed by atoms with van der Waals surface area (Å²) in [5.74, 6) is 1.88. The van der Waals surface area contributed by atoms with Crippen LogP contribution >= 0.6 is 23.1 Å². The molecule has 0 fully saturated rings. The van der Waals surface area contributed by atoms with E-state index in [9.17, 15) is 0 Å². The Morgan fingerprint density at radius 3 is 2.08 bits per heavy atom. The van der Waals surface area contributed by atoms with E-state index in [-0.39, 0.29) is 0 Å². The number of aromatic nitrogens is 4. The second-order valence-electron chi connectivity index (χ2n) is 12.8. The van der Waals surface area contributed by atoms with Crippen LogP contribution in [0.3, 0.4) is 0 Å². The Hall–Kier alpha value is -6.28. The first kappa shape index (κ1) is 29.5. The van der Waals surface area contributed by atoms with Gasteiger partial charge in [-0.25, -0.2) is 4.98 Å². The molecular weight excluding hydrogens is 675 g/mol. The maximum absolute atomic E-state index is 5.40. The molecule has 0 saturated carbocycles. The van der Waals surface area contributed by atoms with Crippen LogP contribution in [0.15, 0.2) is 174 Å². The Bertz CT molecular complexity index is 3010. The molecule has 244 valence electrons. The number of thiophene rings is 1. The first-order chi connectivity index (χ1) is 25.8. The smallest absolute Gasteiger partial charge is 0.238 e. The zero-order valence-electron chi connectivity index (χ0n) is 27.6. The summed E-state index contributed by atoms with van der Waals surface area (Å²) in [6.45, 7) is 0. The van der Waals surface area contributed by atoms with Crippen molar-refractivity contribution in [1.82, 2.24) is 19.5 Å². The fourth-order valence-corrected chi connectivity index (χ4v) is 9.91. The quantitative estimate of drug-likeness (QED) is 0.183. The first-order valence-electron chi connectivity index (χ1n) is 17.2. The average molecular weight is 702 g/mol. The second kappa shape index (κ2) is 11.6. The Kier molecular flexibility index (Phi) is 6.59. The van der Waals surface area contributed by atoms with E-state index in [1.165, 1.54) is 25.1 Å². The number of fused-ring (bicyclic) bond motifs is 9. The summed E-state index contributed by atoms with van der Waals surface area (Å²) in [6.07, 6.45) is 0. The monoisotopic (exact) mass is 701 g/mol. The molecule has 10 aromatic rings. The van der Waals surface area contributed by atoms with Crippen LogP contribution in [0.2, 0.25) is 0 Å². The molecule has 11 rings (SSSR count). The van der Waals surface area contributed by atoms with Crippen molar-refractivity contribution in [1.29, 1.82) is 0 Å². The number of benzene rings is 7. The first-order valence-corrected chi connectivity index (χ1v) is 18.8. The van der Waals surface area contributed by atoms with Crippen molar-refractivity contribution < 1.29 is 0 Å². The highest BCUT2D eigenvalue weighted by molar-refractivity contribution is 8.00. The predicted molar refractivity (Wildman–Crippen MR) is 217 cm³/mol. The molecule has 0 atom stereocenters. The Morgan fingerprint density at radius 2 is 1.19 bits per heavy atom. The van der Waals surface area contributed by atoms with Crippen LogP contribution in [0.25, 0.3) is 70.7 Å². The van der Waals surface area contributed by atoms with Crippen molar-refractivity contribution in [2.45, 2.75) is 9.79 Å². The minimum Gasteiger partial charge on any atom is -0.308 e. The van der Waals surface area contributed by atoms with Crippen LogP contribution in [0.1, 0.15) is 0 Å². The molecule has 0 N–H and O–H groups in total. The van der Waals surface area contributed by atoms with Gasteiger partial charge in [-0.2, -0.15) is 9.97 Å². The Labute approximate surface area is 307 Å². The molecule has 0 radical (unpaired) electrons. The van der Waals surface area contributed by atoms with E-state index in [1.807, 2.05) is 30.0 Å². The highest BCUT2D eigenvalue weighted by Gasteiger charge is 2.30. The molecule has 0 spiro atoms. The van der Waals surface area contributed by atoms with Crippen LogP contribution in [0.4, 0.5) is 17.1 Å². The highest BCUT2D eigenvalue weighted by atomic mass is 32.2. The lowest BCUT2D eigenvalue weighted by atomic mass is 10.1. The van der Waals surface area contributed by atoms with Gasteiger partial charge >= 0.3 is 0 Å². The van der Waals surface area contributed by atoms with Crippen LogP contribution in [-0.4, -0.2) is 19.5 Å². The number of nitrogens with zero attached hydrogens (tertiary/aromatic N) is 5. The number of rotatable bonds is 4. The van der Waals surface area contributed by atoms with E-state index in [2.05, 4.69) is 155 Å². The molecule has 0 amide bonds. The Balaban J connectivity index is 1.24. The fourth-order valence-electron chi connectivity index (χ4n) is 7.59. The van der Waals surface area contributed by atoms with Gasteiger partial charge in [0.05, 0.1) is 27.3 Å². The van der Waals surface area contributed by atoms with Crippen LogP contribution in [0, 0.1) is 0 Å². The summed E-state index contributed by atoms with van der Waals surface area (Å²) in [4.78, 5) is 20.6. The Morgan fingerprint density at radius 1 is 0.481 bits per heavy atom. The molecule has 5 nitrogen and oxygen atoms in total. The second-order valence-corrected chi connectivity index (χ2v) is 15.0. The highest BCUT2D eigenvalue weighted by Crippen LogP contribution is 2.54. The molecule has 1 aliphatic rings. The molecule has 1 aliphatic heterocycles. The number of hydrogen-bond donors (Lipinski definition) is 0. The van der Waals surface area contributed by atoms with Gasteiger partial charge in [0, 0.05) is 52.7 Å². The van der Waals surface area contributed by atoms with Gasteiger partial charge in [0.1, 0.15) is 0 Å². The molecular formula is C45H27N5S2. The molecule has 52 heavy (non-hydrogen) atoms. The molecule has 0 aliphatic carbocycles. The maximum atomic E-state index is 5.40. The summed E-state index contributed by atoms with van der Waals surface area (Å²) >= 11 is 3.61. The van der Waals surface area contributed by atoms with Gasteiger partial charge < -0.3 is 4.90 Å². The fraction of sp³-hybridized carbons (Fsp3) is 0. The average Bonchev–Trinajstić information content (AvgIpc) is 3.77. The van der Waals surface area contributed by atoms with Crippen LogP contribution in [-0.2, 0) is 0 Å². The van der Waals surface area contributed by atoms with Crippen molar-refractivity contribution >= 4 is 82.1 Å². The summed E-state index contributed by atoms with van der Waals surface area (Å²) in [7, 11) is 0. The van der Waals surface area contributed by atoms with Crippen molar-refractivity contribution in [3.63, 3.8) is 0 Å². The molecule has 7 aromatic carbocycles. The van der Waals surface area contributed by atoms with Crippen molar-refractivity contribution in [3.05, 3.63) is 164 Å². The lowest BCUT2D eigenvalue weighted by molar-refractivity contribution is 0.948. The molecule has 4 heterocycles. The predicted octanol–water partition coefficient (Wildman–Crippen LogP) is 12.6. The van der Waals surface area contributed by atoms with Gasteiger partial charge in [-0.3, -0.25) is 4.57 Å². The van der Waals surface area contributed by atoms with Crippen LogP contribution < -0.4 is 4.90 Å². The van der Waals surface area contributed by atoms with Gasteiger partial charge in [0.25, 0.3) is 0 Å². The summed E-state index contributed by atoms with van der Waals surface area (Å²) in [5.41, 5.74) is 7.47. The summed E-state index contributed by atoms with van der Waals surface area (Å²) in [6, 6.07) is 57.7. The zero-order chi connectivity index (χ0) is 34.2. The SMILES string of the molecule is c1ccc(-c2nc(-c3cccc4sc5ccccc5c34)nc(-n3c4ccccc4c4ccc5c(c43)Sc3ccccc3N5c3ccccc3)n2)cc1.